The summed E-state index contributed by atoms with van der Waals surface area (Å²) in [5, 5.41) is 26.5. The molecule has 0 aliphatic heterocycles. The van der Waals surface area contributed by atoms with Gasteiger partial charge in [-0.25, -0.2) is 5.32 Å². The van der Waals surface area contributed by atoms with E-state index in [1.165, 1.54) is 0 Å². The minimum absolute atomic E-state index is 0.0394. The lowest BCUT2D eigenvalue weighted by molar-refractivity contribution is -0.331. The second-order valence-corrected chi connectivity index (χ2v) is 3.77. The Morgan fingerprint density at radius 2 is 1.75 bits per heavy atom. The van der Waals surface area contributed by atoms with Crippen molar-refractivity contribution < 1.29 is 28.3 Å². The molecule has 0 radical (unpaired) electrons. The molecule has 0 atom stereocenters. The van der Waals surface area contributed by atoms with Crippen molar-refractivity contribution in [1.29, 1.82) is 0 Å². The third kappa shape index (κ3) is 9.75. The highest BCUT2D eigenvalue weighted by atomic mass is 32.2. The van der Waals surface area contributed by atoms with Crippen molar-refractivity contribution in [1.82, 2.24) is 5.32 Å². The molecule has 0 rings (SSSR count). The standard InChI is InChI=1S/C4H11NO6S/c6-4(7,8)5-2-1-3-12(9,10)11/h5-8H,1-3H2,(H,9,10,11). The molecule has 74 valence electrons. The molecule has 12 heavy (non-hydrogen) atoms. The van der Waals surface area contributed by atoms with E-state index in [2.05, 4.69) is 0 Å². The SMILES string of the molecule is O=S(=O)(O)CCCNC(O)(O)O. The van der Waals surface area contributed by atoms with Crippen LogP contribution in [-0.4, -0.2) is 46.7 Å². The van der Waals surface area contributed by atoms with Gasteiger partial charge >= 0.3 is 6.10 Å². The van der Waals surface area contributed by atoms with Crippen LogP contribution in [0.2, 0.25) is 0 Å². The molecule has 0 fully saturated rings. The van der Waals surface area contributed by atoms with E-state index >= 15 is 0 Å². The van der Waals surface area contributed by atoms with Crippen LogP contribution in [0.3, 0.4) is 0 Å². The van der Waals surface area contributed by atoms with Crippen molar-refractivity contribution >= 4 is 10.1 Å². The summed E-state index contributed by atoms with van der Waals surface area (Å²) in [7, 11) is -4.03. The molecule has 0 amide bonds. The highest BCUT2D eigenvalue weighted by molar-refractivity contribution is 7.85. The van der Waals surface area contributed by atoms with E-state index < -0.39 is 22.0 Å². The van der Waals surface area contributed by atoms with Gasteiger partial charge in [-0.3, -0.25) is 4.55 Å². The molecule has 7 nitrogen and oxygen atoms in total. The molecule has 0 heterocycles. The van der Waals surface area contributed by atoms with Crippen molar-refractivity contribution in [3.63, 3.8) is 0 Å². The van der Waals surface area contributed by atoms with Crippen molar-refractivity contribution in [2.75, 3.05) is 12.3 Å². The number of nitrogens with one attached hydrogen (secondary N) is 1. The van der Waals surface area contributed by atoms with Gasteiger partial charge in [0.25, 0.3) is 10.1 Å². The lowest BCUT2D eigenvalue weighted by Gasteiger charge is -2.14. The van der Waals surface area contributed by atoms with Gasteiger partial charge in [0.1, 0.15) is 0 Å². The van der Waals surface area contributed by atoms with Gasteiger partial charge in [-0.15, -0.1) is 0 Å². The Morgan fingerprint density at radius 1 is 1.25 bits per heavy atom. The normalized spacial score (nSPS) is 13.3. The summed E-state index contributed by atoms with van der Waals surface area (Å²) in [5.41, 5.74) is 0. The predicted molar refractivity (Wildman–Crippen MR) is 38.4 cm³/mol. The van der Waals surface area contributed by atoms with Crippen LogP contribution in [0.25, 0.3) is 0 Å². The summed E-state index contributed by atoms with van der Waals surface area (Å²) in [6, 6.07) is 0. The zero-order valence-corrected chi connectivity index (χ0v) is 6.95. The van der Waals surface area contributed by atoms with E-state index in [-0.39, 0.29) is 13.0 Å². The van der Waals surface area contributed by atoms with E-state index in [9.17, 15) is 8.42 Å². The van der Waals surface area contributed by atoms with Crippen LogP contribution in [0.5, 0.6) is 0 Å². The molecule has 0 aliphatic rings. The Bertz CT molecular complexity index is 216. The summed E-state index contributed by atoms with van der Waals surface area (Å²) < 4.78 is 28.4. The van der Waals surface area contributed by atoms with Crippen molar-refractivity contribution in [3.8, 4) is 0 Å². The fourth-order valence-corrected chi connectivity index (χ4v) is 1.02. The lowest BCUT2D eigenvalue weighted by atomic mass is 10.5. The maximum Gasteiger partial charge on any atom is 0.343 e. The van der Waals surface area contributed by atoms with Crippen LogP contribution in [-0.2, 0) is 10.1 Å². The van der Waals surface area contributed by atoms with Crippen molar-refractivity contribution in [2.24, 2.45) is 0 Å². The molecule has 0 bridgehead atoms. The summed E-state index contributed by atoms with van der Waals surface area (Å²) in [6.07, 6.45) is -3.04. The minimum atomic E-state index is -4.03. The molecular weight excluding hydrogens is 190 g/mol. The maximum absolute atomic E-state index is 10.1. The lowest BCUT2D eigenvalue weighted by Crippen LogP contribution is -2.45. The smallest absolute Gasteiger partial charge is 0.330 e. The van der Waals surface area contributed by atoms with Crippen LogP contribution in [0.4, 0.5) is 0 Å². The second-order valence-electron chi connectivity index (χ2n) is 2.20. The van der Waals surface area contributed by atoms with E-state index in [1.807, 2.05) is 0 Å². The fourth-order valence-electron chi connectivity index (χ4n) is 0.511. The molecule has 0 aromatic carbocycles. The third-order valence-electron chi connectivity index (χ3n) is 0.941. The van der Waals surface area contributed by atoms with Gasteiger partial charge in [-0.2, -0.15) is 8.42 Å². The first kappa shape index (κ1) is 11.8. The number of hydrogen-bond acceptors (Lipinski definition) is 6. The fraction of sp³-hybridized carbons (Fsp3) is 1.00. The predicted octanol–water partition coefficient (Wildman–Crippen LogP) is -2.56. The highest BCUT2D eigenvalue weighted by Crippen LogP contribution is 1.89. The van der Waals surface area contributed by atoms with Crippen LogP contribution >= 0.6 is 0 Å². The first-order valence-corrected chi connectivity index (χ1v) is 4.69. The molecule has 0 aliphatic carbocycles. The van der Waals surface area contributed by atoms with Crippen LogP contribution < -0.4 is 5.32 Å². The molecule has 5 N–H and O–H groups in total. The first-order valence-electron chi connectivity index (χ1n) is 3.08. The largest absolute Gasteiger partial charge is 0.343 e. The van der Waals surface area contributed by atoms with Gasteiger partial charge in [0.2, 0.25) is 0 Å². The summed E-state index contributed by atoms with van der Waals surface area (Å²) in [4.78, 5) is 0. The molecule has 0 unspecified atom stereocenters. The zero-order chi connectivity index (χ0) is 9.83. The van der Waals surface area contributed by atoms with Gasteiger partial charge in [-0.1, -0.05) is 0 Å². The maximum atomic E-state index is 10.1. The van der Waals surface area contributed by atoms with Crippen LogP contribution in [0.1, 0.15) is 6.42 Å². The molecule has 0 aromatic rings. The quantitative estimate of drug-likeness (QED) is 0.188. The van der Waals surface area contributed by atoms with E-state index in [1.54, 1.807) is 5.32 Å². The first-order chi connectivity index (χ1) is 5.21. The Labute approximate surface area is 69.4 Å². The highest BCUT2D eigenvalue weighted by Gasteiger charge is 2.16. The molecule has 0 spiro atoms. The van der Waals surface area contributed by atoms with E-state index in [4.69, 9.17) is 19.9 Å². The summed E-state index contributed by atoms with van der Waals surface area (Å²) in [5.74, 6) is -0.504. The number of hydrogen-bond donors (Lipinski definition) is 5. The van der Waals surface area contributed by atoms with Gasteiger partial charge in [0, 0.05) is 6.54 Å². The molecule has 0 saturated carbocycles. The molecule has 0 aromatic heterocycles. The third-order valence-corrected chi connectivity index (χ3v) is 1.75. The zero-order valence-electron chi connectivity index (χ0n) is 6.13. The van der Waals surface area contributed by atoms with Gasteiger partial charge < -0.3 is 15.3 Å². The van der Waals surface area contributed by atoms with Gasteiger partial charge in [-0.05, 0) is 6.42 Å². The van der Waals surface area contributed by atoms with Crippen LogP contribution in [0.15, 0.2) is 0 Å². The summed E-state index contributed by atoms with van der Waals surface area (Å²) in [6.45, 7) is -0.150. The molecular formula is C4H11NO6S. The summed E-state index contributed by atoms with van der Waals surface area (Å²) >= 11 is 0. The van der Waals surface area contributed by atoms with Crippen molar-refractivity contribution in [2.45, 2.75) is 12.5 Å². The average molecular weight is 201 g/mol. The van der Waals surface area contributed by atoms with Crippen LogP contribution in [0, 0.1) is 0 Å². The van der Waals surface area contributed by atoms with Crippen molar-refractivity contribution in [3.05, 3.63) is 0 Å². The Balaban J connectivity index is 3.48. The molecule has 8 heteroatoms. The Kier molecular flexibility index (Phi) is 4.03. The van der Waals surface area contributed by atoms with E-state index in [0.29, 0.717) is 0 Å². The second kappa shape index (κ2) is 4.12. The topological polar surface area (TPSA) is 127 Å². The van der Waals surface area contributed by atoms with Gasteiger partial charge in [0.15, 0.2) is 0 Å². The monoisotopic (exact) mass is 201 g/mol. The number of rotatable bonds is 5. The Hall–Kier alpha value is -0.250. The molecule has 0 saturated heterocycles. The average Bonchev–Trinajstić information content (AvgIpc) is 1.76. The number of aliphatic hydroxyl groups is 3. The minimum Gasteiger partial charge on any atom is -0.330 e. The Morgan fingerprint density at radius 3 is 2.08 bits per heavy atom. The van der Waals surface area contributed by atoms with Gasteiger partial charge in [0.05, 0.1) is 5.75 Å². The van der Waals surface area contributed by atoms with E-state index in [0.717, 1.165) is 0 Å².